The Kier molecular flexibility index (Phi) is 2.24. The molecular weight excluding hydrogens is 214 g/mol. The number of methoxy groups -OCH3 is 1. The van der Waals surface area contributed by atoms with Crippen molar-refractivity contribution < 1.29 is 14.6 Å². The molecule has 1 heterocycles. The number of hydrogen-bond donors (Lipinski definition) is 2. The van der Waals surface area contributed by atoms with Crippen LogP contribution >= 0.6 is 11.3 Å². The maximum absolute atomic E-state index is 11.3. The number of ether oxygens (including phenoxy) is 1. The molecule has 0 unspecified atom stereocenters. The van der Waals surface area contributed by atoms with E-state index < -0.39 is 5.97 Å². The van der Waals surface area contributed by atoms with Crippen LogP contribution in [0.2, 0.25) is 0 Å². The summed E-state index contributed by atoms with van der Waals surface area (Å²) in [4.78, 5) is 11.7. The highest BCUT2D eigenvalue weighted by Crippen LogP contribution is 2.35. The minimum atomic E-state index is -0.451. The van der Waals surface area contributed by atoms with Gasteiger partial charge in [-0.25, -0.2) is 4.79 Å². The lowest BCUT2D eigenvalue weighted by molar-refractivity contribution is 0.0607. The summed E-state index contributed by atoms with van der Waals surface area (Å²) in [6.45, 7) is 0. The first-order valence-corrected chi connectivity index (χ1v) is 5.04. The molecule has 0 aliphatic carbocycles. The number of anilines is 1. The molecule has 0 atom stereocenters. The van der Waals surface area contributed by atoms with Gasteiger partial charge in [0, 0.05) is 10.1 Å². The predicted octanol–water partition coefficient (Wildman–Crippen LogP) is 1.98. The Morgan fingerprint density at radius 3 is 2.93 bits per heavy atom. The summed E-state index contributed by atoms with van der Waals surface area (Å²) in [5.41, 5.74) is 6.20. The summed E-state index contributed by atoms with van der Waals surface area (Å²) in [7, 11) is 1.31. The number of nitrogen functional groups attached to an aromatic ring is 1. The Morgan fingerprint density at radius 1 is 1.53 bits per heavy atom. The van der Waals surface area contributed by atoms with Gasteiger partial charge in [-0.1, -0.05) is 0 Å². The van der Waals surface area contributed by atoms with Gasteiger partial charge in [0.15, 0.2) is 0 Å². The van der Waals surface area contributed by atoms with Crippen LogP contribution in [0.5, 0.6) is 5.75 Å². The number of carbonyl (C=O) groups excluding carboxylic acids is 1. The van der Waals surface area contributed by atoms with E-state index in [1.54, 1.807) is 12.1 Å². The molecule has 0 spiro atoms. The molecule has 0 amide bonds. The van der Waals surface area contributed by atoms with Crippen LogP contribution in [0.1, 0.15) is 9.67 Å². The van der Waals surface area contributed by atoms with E-state index in [1.165, 1.54) is 24.5 Å². The number of esters is 1. The average molecular weight is 223 g/mol. The van der Waals surface area contributed by atoms with Gasteiger partial charge in [0.2, 0.25) is 0 Å². The molecular formula is C10H9NO3S. The third-order valence-corrected chi connectivity index (χ3v) is 3.23. The molecule has 0 aliphatic rings. The van der Waals surface area contributed by atoms with Crippen LogP contribution in [0.15, 0.2) is 18.2 Å². The molecule has 2 aromatic rings. The third kappa shape index (κ3) is 1.50. The lowest BCUT2D eigenvalue weighted by Crippen LogP contribution is -2.01. The maximum atomic E-state index is 11.3. The summed E-state index contributed by atoms with van der Waals surface area (Å²) >= 11 is 1.21. The van der Waals surface area contributed by atoms with Crippen molar-refractivity contribution in [2.24, 2.45) is 0 Å². The maximum Gasteiger partial charge on any atom is 0.350 e. The molecule has 4 nitrogen and oxygen atoms in total. The summed E-state index contributed by atoms with van der Waals surface area (Å²) in [5, 5.41) is 10.0. The van der Waals surface area contributed by atoms with Gasteiger partial charge in [-0.15, -0.1) is 11.3 Å². The van der Waals surface area contributed by atoms with Gasteiger partial charge in [0.05, 0.1) is 12.8 Å². The van der Waals surface area contributed by atoms with Crippen LogP contribution in [-0.2, 0) is 4.74 Å². The van der Waals surface area contributed by atoms with Gasteiger partial charge in [-0.3, -0.25) is 0 Å². The molecule has 1 aromatic heterocycles. The van der Waals surface area contributed by atoms with Crippen LogP contribution in [-0.4, -0.2) is 18.2 Å². The Balaban J connectivity index is 2.69. The molecule has 5 heteroatoms. The smallest absolute Gasteiger partial charge is 0.350 e. The second kappa shape index (κ2) is 3.43. The Hall–Kier alpha value is -1.75. The summed E-state index contributed by atoms with van der Waals surface area (Å²) in [5.74, 6) is -0.298. The highest BCUT2D eigenvalue weighted by Gasteiger charge is 2.16. The number of nitrogens with two attached hydrogens (primary N) is 1. The van der Waals surface area contributed by atoms with Crippen molar-refractivity contribution in [1.82, 2.24) is 0 Å². The summed E-state index contributed by atoms with van der Waals surface area (Å²) < 4.78 is 5.38. The number of phenols is 1. The highest BCUT2D eigenvalue weighted by molar-refractivity contribution is 7.21. The van der Waals surface area contributed by atoms with E-state index in [1.807, 2.05) is 0 Å². The standard InChI is InChI=1S/C10H9NO3S/c1-14-10(13)9-8(11)6-3-2-5(12)4-7(6)15-9/h2-4,12H,11H2,1H3. The fraction of sp³-hybridized carbons (Fsp3) is 0.100. The van der Waals surface area contributed by atoms with E-state index in [9.17, 15) is 9.90 Å². The van der Waals surface area contributed by atoms with Gasteiger partial charge < -0.3 is 15.6 Å². The van der Waals surface area contributed by atoms with E-state index in [2.05, 4.69) is 4.74 Å². The zero-order valence-electron chi connectivity index (χ0n) is 7.98. The minimum absolute atomic E-state index is 0.153. The number of benzene rings is 1. The number of phenolic OH excluding ortho intramolecular Hbond substituents is 1. The van der Waals surface area contributed by atoms with Crippen molar-refractivity contribution in [2.45, 2.75) is 0 Å². The summed E-state index contributed by atoms with van der Waals surface area (Å²) in [6, 6.07) is 4.79. The monoisotopic (exact) mass is 223 g/mol. The van der Waals surface area contributed by atoms with Gasteiger partial charge in [0.25, 0.3) is 0 Å². The van der Waals surface area contributed by atoms with Crippen LogP contribution < -0.4 is 5.73 Å². The Labute approximate surface area is 89.9 Å². The molecule has 0 saturated heterocycles. The van der Waals surface area contributed by atoms with Gasteiger partial charge >= 0.3 is 5.97 Å². The van der Waals surface area contributed by atoms with Crippen LogP contribution in [0.4, 0.5) is 5.69 Å². The first kappa shape index (κ1) is 9.79. The van der Waals surface area contributed by atoms with Crippen LogP contribution in [0.3, 0.4) is 0 Å². The van der Waals surface area contributed by atoms with Crippen molar-refractivity contribution >= 4 is 33.1 Å². The largest absolute Gasteiger partial charge is 0.508 e. The fourth-order valence-electron chi connectivity index (χ4n) is 1.35. The molecule has 78 valence electrons. The third-order valence-electron chi connectivity index (χ3n) is 2.08. The van der Waals surface area contributed by atoms with Gasteiger partial charge in [-0.2, -0.15) is 0 Å². The Bertz CT molecular complexity index is 533. The molecule has 15 heavy (non-hydrogen) atoms. The van der Waals surface area contributed by atoms with Gasteiger partial charge in [0.1, 0.15) is 10.6 Å². The van der Waals surface area contributed by atoms with Crippen LogP contribution in [0, 0.1) is 0 Å². The Morgan fingerprint density at radius 2 is 2.27 bits per heavy atom. The van der Waals surface area contributed by atoms with Crippen molar-refractivity contribution in [1.29, 1.82) is 0 Å². The van der Waals surface area contributed by atoms with E-state index >= 15 is 0 Å². The molecule has 3 N–H and O–H groups in total. The molecule has 1 aromatic carbocycles. The first-order chi connectivity index (χ1) is 7.13. The number of aromatic hydroxyl groups is 1. The first-order valence-electron chi connectivity index (χ1n) is 4.23. The van der Waals surface area contributed by atoms with E-state index in [0.717, 1.165) is 10.1 Å². The quantitative estimate of drug-likeness (QED) is 0.725. The van der Waals surface area contributed by atoms with Crippen molar-refractivity contribution in [3.8, 4) is 5.75 Å². The van der Waals surface area contributed by atoms with Crippen LogP contribution in [0.25, 0.3) is 10.1 Å². The van der Waals surface area contributed by atoms with Gasteiger partial charge in [-0.05, 0) is 18.2 Å². The number of hydrogen-bond acceptors (Lipinski definition) is 5. The number of carbonyl (C=O) groups is 1. The average Bonchev–Trinajstić information content (AvgIpc) is 2.54. The lowest BCUT2D eigenvalue weighted by atomic mass is 10.2. The lowest BCUT2D eigenvalue weighted by Gasteiger charge is -1.95. The topological polar surface area (TPSA) is 72.5 Å². The van der Waals surface area contributed by atoms with Crippen molar-refractivity contribution in [2.75, 3.05) is 12.8 Å². The summed E-state index contributed by atoms with van der Waals surface area (Å²) in [6.07, 6.45) is 0. The minimum Gasteiger partial charge on any atom is -0.508 e. The molecule has 0 saturated carbocycles. The second-order valence-electron chi connectivity index (χ2n) is 3.02. The van der Waals surface area contributed by atoms with E-state index in [4.69, 9.17) is 5.73 Å². The number of fused-ring (bicyclic) bond motifs is 1. The molecule has 0 radical (unpaired) electrons. The molecule has 0 aliphatic heterocycles. The molecule has 0 fully saturated rings. The van der Waals surface area contributed by atoms with E-state index in [0.29, 0.717) is 10.6 Å². The van der Waals surface area contributed by atoms with Crippen molar-refractivity contribution in [3.63, 3.8) is 0 Å². The number of thiophene rings is 1. The SMILES string of the molecule is COC(=O)c1sc2cc(O)ccc2c1N. The zero-order chi connectivity index (χ0) is 11.0. The number of rotatable bonds is 1. The second-order valence-corrected chi connectivity index (χ2v) is 4.07. The normalized spacial score (nSPS) is 10.5. The zero-order valence-corrected chi connectivity index (χ0v) is 8.80. The van der Waals surface area contributed by atoms with E-state index in [-0.39, 0.29) is 5.75 Å². The highest BCUT2D eigenvalue weighted by atomic mass is 32.1. The van der Waals surface area contributed by atoms with Crippen molar-refractivity contribution in [3.05, 3.63) is 23.1 Å². The molecule has 0 bridgehead atoms. The molecule has 2 rings (SSSR count). The fourth-order valence-corrected chi connectivity index (χ4v) is 2.42. The predicted molar refractivity (Wildman–Crippen MR) is 59.2 cm³/mol.